The number of nitrogens with one attached hydrogen (secondary N) is 1. The van der Waals surface area contributed by atoms with E-state index >= 15 is 4.79 Å². The lowest BCUT2D eigenvalue weighted by atomic mass is 9.36. The Hall–Kier alpha value is -2.39. The molecule has 2 spiro atoms. The minimum Gasteiger partial charge on any atom is -0.508 e. The number of fused-ring (bicyclic) bond motifs is 14. The number of carbonyl (C=O) groups is 1. The molecule has 63 heavy (non-hydrogen) atoms. The Morgan fingerprint density at radius 3 is 2.41 bits per heavy atom. The molecular weight excluding hydrogens is 803 g/mol. The van der Waals surface area contributed by atoms with E-state index in [0.717, 1.165) is 44.2 Å². The van der Waals surface area contributed by atoms with Crippen molar-refractivity contribution >= 4 is 5.78 Å². The molecule has 1 heterocycles. The van der Waals surface area contributed by atoms with Gasteiger partial charge in [-0.15, -0.1) is 0 Å². The van der Waals surface area contributed by atoms with Gasteiger partial charge in [-0.3, -0.25) is 4.79 Å². The SMILES string of the molecule is CCNCC1=CC2(C)CCC1C1(OC3CC4(O)C5=CC(=O)C6C7c8cc(O)cc(O)c8CCC7(O)C(OCCCO)CC6(C)C5C5(CCCC5)CC4(C)C3C1(O)CCO)C(O)C2C. The van der Waals surface area contributed by atoms with Crippen molar-refractivity contribution < 1.29 is 55.1 Å². The molecule has 2 bridgehead atoms. The zero-order chi connectivity index (χ0) is 44.9. The van der Waals surface area contributed by atoms with E-state index in [-0.39, 0.29) is 79.5 Å². The van der Waals surface area contributed by atoms with Crippen LogP contribution in [0.1, 0.15) is 129 Å². The zero-order valence-electron chi connectivity index (χ0n) is 38.0. The second kappa shape index (κ2) is 14.6. The Morgan fingerprint density at radius 2 is 1.71 bits per heavy atom. The summed E-state index contributed by atoms with van der Waals surface area (Å²) in [6.45, 7) is 11.7. The van der Waals surface area contributed by atoms with Gasteiger partial charge in [-0.25, -0.2) is 0 Å². The van der Waals surface area contributed by atoms with Gasteiger partial charge in [0.2, 0.25) is 0 Å². The van der Waals surface area contributed by atoms with Crippen LogP contribution in [-0.2, 0) is 20.7 Å². The van der Waals surface area contributed by atoms with Crippen molar-refractivity contribution in [1.29, 1.82) is 0 Å². The van der Waals surface area contributed by atoms with Crippen LogP contribution in [0.4, 0.5) is 0 Å². The van der Waals surface area contributed by atoms with Gasteiger partial charge in [-0.1, -0.05) is 59.1 Å². The predicted molar refractivity (Wildman–Crippen MR) is 234 cm³/mol. The maximum atomic E-state index is 15.5. The quantitative estimate of drug-likeness (QED) is 0.122. The minimum atomic E-state index is -1.74. The number of ether oxygens (including phenoxy) is 2. The molecule has 9 aliphatic carbocycles. The van der Waals surface area contributed by atoms with Crippen molar-refractivity contribution in [1.82, 2.24) is 5.32 Å². The van der Waals surface area contributed by atoms with E-state index in [9.17, 15) is 40.9 Å². The maximum Gasteiger partial charge on any atom is 0.160 e. The fourth-order valence-electron chi connectivity index (χ4n) is 17.9. The van der Waals surface area contributed by atoms with E-state index in [1.165, 1.54) is 6.07 Å². The molecule has 0 radical (unpaired) electrons. The molecule has 5 saturated carbocycles. The van der Waals surface area contributed by atoms with Crippen molar-refractivity contribution in [3.8, 4) is 11.5 Å². The Kier molecular flexibility index (Phi) is 10.3. The number of aliphatic hydroxyl groups is 6. The molecule has 16 atom stereocenters. The van der Waals surface area contributed by atoms with Crippen LogP contribution in [0.25, 0.3) is 0 Å². The van der Waals surface area contributed by atoms with Crippen molar-refractivity contribution in [3.63, 3.8) is 0 Å². The lowest BCUT2D eigenvalue weighted by molar-refractivity contribution is -0.255. The zero-order valence-corrected chi connectivity index (χ0v) is 38.0. The van der Waals surface area contributed by atoms with E-state index in [0.29, 0.717) is 55.3 Å². The Balaban J connectivity index is 1.14. The normalized spacial score (nSPS) is 48.8. The van der Waals surface area contributed by atoms with Crippen LogP contribution in [0.2, 0.25) is 0 Å². The highest BCUT2D eigenvalue weighted by atomic mass is 16.6. The molecule has 12 nitrogen and oxygen atoms in total. The second-order valence-electron chi connectivity index (χ2n) is 22.9. The topological polar surface area (TPSA) is 209 Å². The molecule has 6 fully saturated rings. The van der Waals surface area contributed by atoms with Crippen LogP contribution in [-0.4, -0.2) is 120 Å². The summed E-state index contributed by atoms with van der Waals surface area (Å²) in [5.41, 5.74) is -6.07. The summed E-state index contributed by atoms with van der Waals surface area (Å²) >= 11 is 0. The standard InChI is InChI=1S/C51H73NO11/c1-6-52-26-29-23-44(3)14-11-33(29)51(43(58)28(44)2)49(60,16-18-54)42-37(63-51)24-50(61)34-22-36(57)40-39-32-20-30(55)21-35(56)31(32)10-15-48(39,59)38(62-19-9-17-53)25-45(40,4)41(34)47(12-7-8-13-47)27-46(42,50)5/h20-23,28,33,37-43,52-56,58-61H,6-19,24-27H2,1-5H3. The number of phenols is 2. The molecular formula is C51H73NO11. The maximum absolute atomic E-state index is 15.5. The van der Waals surface area contributed by atoms with Crippen molar-refractivity contribution in [2.75, 3.05) is 32.9 Å². The fraction of sp³-hybridized carbons (Fsp3) is 0.784. The van der Waals surface area contributed by atoms with Gasteiger partial charge in [0.25, 0.3) is 0 Å². The number of allylic oxidation sites excluding steroid dienone is 2. The predicted octanol–water partition coefficient (Wildman–Crippen LogP) is 4.71. The number of aliphatic hydroxyl groups excluding tert-OH is 3. The second-order valence-corrected chi connectivity index (χ2v) is 22.9. The summed E-state index contributed by atoms with van der Waals surface area (Å²) in [5, 5.41) is 100. The van der Waals surface area contributed by atoms with Crippen LogP contribution in [0.3, 0.4) is 0 Å². The number of hydrogen-bond donors (Lipinski definition) is 9. The summed E-state index contributed by atoms with van der Waals surface area (Å²) in [6.07, 6.45) is 8.47. The summed E-state index contributed by atoms with van der Waals surface area (Å²) in [6, 6.07) is 2.90. The van der Waals surface area contributed by atoms with Crippen molar-refractivity contribution in [2.45, 2.75) is 165 Å². The van der Waals surface area contributed by atoms with E-state index in [4.69, 9.17) is 9.47 Å². The number of phenolic OH excluding ortho intramolecular Hbond substituents is 2. The number of hydrogen-bond acceptors (Lipinski definition) is 12. The van der Waals surface area contributed by atoms with Crippen LogP contribution >= 0.6 is 0 Å². The number of aromatic hydroxyl groups is 2. The van der Waals surface area contributed by atoms with Gasteiger partial charge >= 0.3 is 0 Å². The Labute approximate surface area is 372 Å². The van der Waals surface area contributed by atoms with Gasteiger partial charge in [0, 0.05) is 74.4 Å². The molecule has 10 aliphatic rings. The number of likely N-dealkylation sites (N-methyl/N-ethyl adjacent to an activating group) is 1. The highest BCUT2D eigenvalue weighted by molar-refractivity contribution is 5.96. The van der Waals surface area contributed by atoms with Gasteiger partial charge < -0.3 is 55.6 Å². The van der Waals surface area contributed by atoms with Gasteiger partial charge in [-0.2, -0.15) is 0 Å². The van der Waals surface area contributed by atoms with E-state index in [1.54, 1.807) is 12.1 Å². The third-order valence-electron chi connectivity index (χ3n) is 20.2. The van der Waals surface area contributed by atoms with Gasteiger partial charge in [0.15, 0.2) is 5.78 Å². The first-order valence-corrected chi connectivity index (χ1v) is 24.4. The number of benzene rings is 1. The average Bonchev–Trinajstić information content (AvgIpc) is 3.82. The summed E-state index contributed by atoms with van der Waals surface area (Å²) in [5.74, 6) is -3.65. The molecule has 1 aliphatic heterocycles. The fourth-order valence-corrected chi connectivity index (χ4v) is 17.9. The number of ketones is 1. The van der Waals surface area contributed by atoms with E-state index < -0.39 is 74.7 Å². The van der Waals surface area contributed by atoms with Crippen LogP contribution in [0.15, 0.2) is 35.4 Å². The molecule has 0 aromatic heterocycles. The Bertz CT molecular complexity index is 2100. The molecule has 9 N–H and O–H groups in total. The first kappa shape index (κ1) is 44.4. The lowest BCUT2D eigenvalue weighted by Gasteiger charge is -2.69. The largest absolute Gasteiger partial charge is 0.508 e. The molecule has 348 valence electrons. The third kappa shape index (κ3) is 5.50. The van der Waals surface area contributed by atoms with Crippen LogP contribution in [0, 0.1) is 51.2 Å². The van der Waals surface area contributed by atoms with Gasteiger partial charge in [0.1, 0.15) is 22.7 Å². The van der Waals surface area contributed by atoms with Gasteiger partial charge in [0.05, 0.1) is 29.5 Å². The first-order valence-electron chi connectivity index (χ1n) is 24.4. The van der Waals surface area contributed by atoms with Crippen molar-refractivity contribution in [3.05, 3.63) is 46.6 Å². The molecule has 1 aromatic rings. The minimum absolute atomic E-state index is 0.0360. The molecule has 0 amide bonds. The molecule has 12 heteroatoms. The van der Waals surface area contributed by atoms with Crippen LogP contribution in [0.5, 0.6) is 11.5 Å². The van der Waals surface area contributed by atoms with Gasteiger partial charge in [-0.05, 0) is 121 Å². The third-order valence-corrected chi connectivity index (χ3v) is 20.2. The average molecular weight is 876 g/mol. The highest BCUT2D eigenvalue weighted by Crippen LogP contribution is 2.80. The molecule has 1 saturated heterocycles. The Morgan fingerprint density at radius 1 is 0.968 bits per heavy atom. The molecule has 16 unspecified atom stereocenters. The number of carbonyl (C=O) groups excluding carboxylic acids is 1. The lowest BCUT2D eigenvalue weighted by Crippen LogP contribution is -2.72. The van der Waals surface area contributed by atoms with Crippen LogP contribution < -0.4 is 5.32 Å². The van der Waals surface area contributed by atoms with E-state index in [2.05, 4.69) is 46.0 Å². The van der Waals surface area contributed by atoms with Crippen molar-refractivity contribution in [2.24, 2.45) is 51.2 Å². The summed E-state index contributed by atoms with van der Waals surface area (Å²) < 4.78 is 14.1. The number of rotatable bonds is 9. The summed E-state index contributed by atoms with van der Waals surface area (Å²) in [4.78, 5) is 15.5. The molecule has 11 rings (SSSR count). The monoisotopic (exact) mass is 876 g/mol. The van der Waals surface area contributed by atoms with E-state index in [1.807, 2.05) is 0 Å². The highest BCUT2D eigenvalue weighted by Gasteiger charge is 2.84. The first-order chi connectivity index (χ1) is 29.8. The summed E-state index contributed by atoms with van der Waals surface area (Å²) in [7, 11) is 0. The smallest absolute Gasteiger partial charge is 0.160 e. The molecule has 1 aromatic carbocycles.